The van der Waals surface area contributed by atoms with Crippen LogP contribution in [0.2, 0.25) is 0 Å². The maximum Gasteiger partial charge on any atom is 0.318 e. The Bertz CT molecular complexity index is 730. The van der Waals surface area contributed by atoms with E-state index in [0.717, 1.165) is 48.6 Å². The van der Waals surface area contributed by atoms with Crippen LogP contribution in [0.15, 0.2) is 36.5 Å². The van der Waals surface area contributed by atoms with Crippen molar-refractivity contribution in [2.24, 2.45) is 0 Å². The number of rotatable bonds is 3. The summed E-state index contributed by atoms with van der Waals surface area (Å²) >= 11 is 0. The number of hydrogen-bond donors (Lipinski definition) is 2. The Labute approximate surface area is 147 Å². The summed E-state index contributed by atoms with van der Waals surface area (Å²) in [7, 11) is 0. The van der Waals surface area contributed by atoms with Gasteiger partial charge in [-0.15, -0.1) is 0 Å². The van der Waals surface area contributed by atoms with Gasteiger partial charge in [-0.05, 0) is 31.0 Å². The van der Waals surface area contributed by atoms with Gasteiger partial charge in [0.1, 0.15) is 0 Å². The van der Waals surface area contributed by atoms with Gasteiger partial charge in [0, 0.05) is 37.0 Å². The first-order chi connectivity index (χ1) is 12.3. The molecule has 1 aromatic heterocycles. The molecule has 1 aromatic carbocycles. The van der Waals surface area contributed by atoms with Gasteiger partial charge < -0.3 is 24.7 Å². The highest BCUT2D eigenvalue weighted by molar-refractivity contribution is 5.75. The Balaban J connectivity index is 1.44. The summed E-state index contributed by atoms with van der Waals surface area (Å²) in [4.78, 5) is 17.8. The van der Waals surface area contributed by atoms with Crippen LogP contribution in [0.3, 0.4) is 0 Å². The molecular weight excluding hydrogens is 318 g/mol. The van der Waals surface area contributed by atoms with Crippen molar-refractivity contribution >= 4 is 6.03 Å². The van der Waals surface area contributed by atoms with Crippen molar-refractivity contribution in [2.75, 3.05) is 19.8 Å². The van der Waals surface area contributed by atoms with Gasteiger partial charge in [-0.1, -0.05) is 12.1 Å². The predicted octanol–water partition coefficient (Wildman–Crippen LogP) is 3.22. The number of carbonyl (C=O) groups excluding carboxylic acids is 1. The number of urea groups is 1. The first-order valence-electron chi connectivity index (χ1n) is 8.88. The molecule has 2 N–H and O–H groups in total. The van der Waals surface area contributed by atoms with E-state index >= 15 is 0 Å². The van der Waals surface area contributed by atoms with Crippen LogP contribution >= 0.6 is 0 Å². The molecule has 0 aliphatic carbocycles. The zero-order valence-corrected chi connectivity index (χ0v) is 14.2. The fourth-order valence-electron chi connectivity index (χ4n) is 3.55. The van der Waals surface area contributed by atoms with E-state index in [1.54, 1.807) is 0 Å². The van der Waals surface area contributed by atoms with Crippen molar-refractivity contribution < 1.29 is 14.3 Å². The average molecular weight is 341 g/mol. The molecule has 1 atom stereocenters. The minimum absolute atomic E-state index is 0.0377. The summed E-state index contributed by atoms with van der Waals surface area (Å²) in [5.74, 6) is 1.51. The van der Waals surface area contributed by atoms with Gasteiger partial charge in [0.25, 0.3) is 0 Å². The average Bonchev–Trinajstić information content (AvgIpc) is 3.26. The van der Waals surface area contributed by atoms with E-state index in [1.807, 2.05) is 41.4 Å². The molecule has 0 radical (unpaired) electrons. The molecule has 1 saturated heterocycles. The van der Waals surface area contributed by atoms with Crippen LogP contribution in [0.25, 0.3) is 0 Å². The predicted molar refractivity (Wildman–Crippen MR) is 93.8 cm³/mol. The van der Waals surface area contributed by atoms with Crippen molar-refractivity contribution in [3.05, 3.63) is 47.8 Å². The molecule has 0 bridgehead atoms. The molecule has 6 nitrogen and oxygen atoms in total. The van der Waals surface area contributed by atoms with E-state index in [2.05, 4.69) is 10.3 Å². The number of nitrogens with one attached hydrogen (secondary N) is 2. The number of amides is 2. The fourth-order valence-corrected chi connectivity index (χ4v) is 3.55. The third-order valence-electron chi connectivity index (χ3n) is 4.78. The lowest BCUT2D eigenvalue weighted by molar-refractivity contribution is 0.191. The van der Waals surface area contributed by atoms with Crippen LogP contribution in [0.1, 0.15) is 36.6 Å². The zero-order valence-electron chi connectivity index (χ0n) is 14.2. The number of aromatic nitrogens is 1. The van der Waals surface area contributed by atoms with Gasteiger partial charge in [0.05, 0.1) is 19.3 Å². The monoisotopic (exact) mass is 341 g/mol. The van der Waals surface area contributed by atoms with Crippen LogP contribution in [0.5, 0.6) is 11.5 Å². The number of nitrogens with zero attached hydrogens (tertiary/aromatic N) is 1. The summed E-state index contributed by atoms with van der Waals surface area (Å²) in [6, 6.07) is 9.92. The molecule has 6 heteroatoms. The standard InChI is InChI=1S/C19H23N3O3/c23-19(22-10-3-7-16(22)15-6-2-9-20-15)21-13-14-5-1-8-17-18(14)25-12-4-11-24-17/h1-2,5-6,8-9,16,20H,3-4,7,10-13H2,(H,21,23)/t16-/m0/s1. The summed E-state index contributed by atoms with van der Waals surface area (Å²) < 4.78 is 11.5. The first-order valence-corrected chi connectivity index (χ1v) is 8.88. The van der Waals surface area contributed by atoms with Crippen LogP contribution < -0.4 is 14.8 Å². The second kappa shape index (κ2) is 7.09. The molecule has 3 heterocycles. The van der Waals surface area contributed by atoms with Crippen LogP contribution in [-0.4, -0.2) is 35.7 Å². The third-order valence-corrected chi connectivity index (χ3v) is 4.78. The van der Waals surface area contributed by atoms with Crippen LogP contribution in [-0.2, 0) is 6.54 Å². The molecule has 0 spiro atoms. The van der Waals surface area contributed by atoms with Crippen LogP contribution in [0.4, 0.5) is 4.79 Å². The Morgan fingerprint density at radius 2 is 2.12 bits per heavy atom. The number of carbonyl (C=O) groups is 1. The third kappa shape index (κ3) is 3.29. The summed E-state index contributed by atoms with van der Waals surface area (Å²) in [5, 5.41) is 3.04. The second-order valence-electron chi connectivity index (χ2n) is 6.43. The van der Waals surface area contributed by atoms with E-state index in [9.17, 15) is 4.79 Å². The Morgan fingerprint density at radius 1 is 1.20 bits per heavy atom. The van der Waals surface area contributed by atoms with Crippen molar-refractivity contribution in [3.63, 3.8) is 0 Å². The molecule has 0 saturated carbocycles. The largest absolute Gasteiger partial charge is 0.490 e. The van der Waals surface area contributed by atoms with Crippen molar-refractivity contribution in [2.45, 2.75) is 31.8 Å². The van der Waals surface area contributed by atoms with Crippen molar-refractivity contribution in [1.29, 1.82) is 0 Å². The molecule has 132 valence electrons. The summed E-state index contributed by atoms with van der Waals surface area (Å²) in [6.07, 6.45) is 4.78. The molecule has 4 rings (SSSR count). The number of hydrogen-bond acceptors (Lipinski definition) is 3. The Morgan fingerprint density at radius 3 is 3.00 bits per heavy atom. The highest BCUT2D eigenvalue weighted by Gasteiger charge is 2.30. The van der Waals surface area contributed by atoms with Gasteiger partial charge >= 0.3 is 6.03 Å². The molecule has 2 aliphatic heterocycles. The number of ether oxygens (including phenoxy) is 2. The van der Waals surface area contributed by atoms with Crippen molar-refractivity contribution in [3.8, 4) is 11.5 Å². The van der Waals surface area contributed by atoms with Gasteiger partial charge in [-0.25, -0.2) is 4.79 Å². The number of H-pyrrole nitrogens is 1. The SMILES string of the molecule is O=C(NCc1cccc2c1OCCCO2)N1CCC[C@H]1c1ccc[nH]1. The number of para-hydroxylation sites is 1. The highest BCUT2D eigenvalue weighted by Crippen LogP contribution is 2.34. The Kier molecular flexibility index (Phi) is 4.50. The highest BCUT2D eigenvalue weighted by atomic mass is 16.5. The quantitative estimate of drug-likeness (QED) is 0.901. The molecule has 2 amide bonds. The lowest BCUT2D eigenvalue weighted by Gasteiger charge is -2.24. The van der Waals surface area contributed by atoms with E-state index in [-0.39, 0.29) is 12.1 Å². The number of likely N-dealkylation sites (tertiary alicyclic amines) is 1. The molecular formula is C19H23N3O3. The van der Waals surface area contributed by atoms with Crippen LogP contribution in [0, 0.1) is 0 Å². The maximum absolute atomic E-state index is 12.7. The van der Waals surface area contributed by atoms with Crippen molar-refractivity contribution in [1.82, 2.24) is 15.2 Å². The summed E-state index contributed by atoms with van der Waals surface area (Å²) in [6.45, 7) is 2.51. The zero-order chi connectivity index (χ0) is 17.1. The minimum atomic E-state index is -0.0377. The number of benzene rings is 1. The maximum atomic E-state index is 12.7. The van der Waals surface area contributed by atoms with E-state index in [0.29, 0.717) is 19.8 Å². The molecule has 1 fully saturated rings. The normalized spacial score (nSPS) is 19.5. The van der Waals surface area contributed by atoms with E-state index in [4.69, 9.17) is 9.47 Å². The lowest BCUT2D eigenvalue weighted by Crippen LogP contribution is -2.39. The van der Waals surface area contributed by atoms with Gasteiger partial charge in [0.15, 0.2) is 11.5 Å². The minimum Gasteiger partial charge on any atom is -0.490 e. The topological polar surface area (TPSA) is 66.6 Å². The smallest absolute Gasteiger partial charge is 0.318 e. The second-order valence-corrected chi connectivity index (χ2v) is 6.43. The fraction of sp³-hybridized carbons (Fsp3) is 0.421. The first kappa shape index (κ1) is 15.9. The lowest BCUT2D eigenvalue weighted by atomic mass is 10.1. The molecule has 2 aliphatic rings. The van der Waals surface area contributed by atoms with E-state index < -0.39 is 0 Å². The molecule has 2 aromatic rings. The van der Waals surface area contributed by atoms with E-state index in [1.165, 1.54) is 0 Å². The van der Waals surface area contributed by atoms with Gasteiger partial charge in [0.2, 0.25) is 0 Å². The van der Waals surface area contributed by atoms with Gasteiger partial charge in [-0.2, -0.15) is 0 Å². The Hall–Kier alpha value is -2.63. The number of fused-ring (bicyclic) bond motifs is 1. The van der Waals surface area contributed by atoms with Gasteiger partial charge in [-0.3, -0.25) is 0 Å². The number of aromatic amines is 1. The molecule has 0 unspecified atom stereocenters. The molecule has 25 heavy (non-hydrogen) atoms. The summed E-state index contributed by atoms with van der Waals surface area (Å²) in [5.41, 5.74) is 2.04.